The lowest BCUT2D eigenvalue weighted by Gasteiger charge is -2.17. The van der Waals surface area contributed by atoms with Crippen molar-refractivity contribution in [1.29, 1.82) is 0 Å². The number of pyridine rings is 2. The van der Waals surface area contributed by atoms with Crippen LogP contribution < -0.4 is 15.4 Å². The molecule has 0 atom stereocenters. The number of Topliss-reactive ketones (excluding diaryl/α,β-unsaturated/α-hetero) is 1. The smallest absolute Gasteiger partial charge is 0.184 e. The van der Waals surface area contributed by atoms with E-state index in [1.807, 2.05) is 50.5 Å². The van der Waals surface area contributed by atoms with Crippen molar-refractivity contribution in [2.24, 2.45) is 14.1 Å². The third kappa shape index (κ3) is 5.07. The van der Waals surface area contributed by atoms with Crippen LogP contribution in [-0.2, 0) is 14.1 Å². The van der Waals surface area contributed by atoms with E-state index in [0.717, 1.165) is 16.7 Å². The molecule has 0 aliphatic heterocycles. The summed E-state index contributed by atoms with van der Waals surface area (Å²) in [5, 5.41) is 15.3. The normalized spacial score (nSPS) is 10.8. The van der Waals surface area contributed by atoms with Crippen LogP contribution in [0.1, 0.15) is 23.7 Å². The summed E-state index contributed by atoms with van der Waals surface area (Å²) >= 11 is 0. The van der Waals surface area contributed by atoms with E-state index in [2.05, 4.69) is 35.8 Å². The number of carbonyl (C=O) groups is 1. The molecule has 5 rings (SSSR count). The number of aromatic nitrogens is 7. The van der Waals surface area contributed by atoms with Gasteiger partial charge in [-0.1, -0.05) is 13.0 Å². The molecule has 4 aromatic heterocycles. The maximum Gasteiger partial charge on any atom is 0.184 e. The third-order valence-electron chi connectivity index (χ3n) is 5.91. The number of rotatable bonds is 9. The molecule has 0 aliphatic rings. The zero-order valence-electron chi connectivity index (χ0n) is 21.5. The Morgan fingerprint density at radius 1 is 0.947 bits per heavy atom. The number of para-hydroxylation sites is 1. The minimum Gasteiger partial charge on any atom is -0.494 e. The summed E-state index contributed by atoms with van der Waals surface area (Å²) in [6.07, 6.45) is 9.00. The van der Waals surface area contributed by atoms with Crippen LogP contribution in [0, 0.1) is 0 Å². The van der Waals surface area contributed by atoms with Crippen molar-refractivity contribution in [3.8, 4) is 28.3 Å². The molecule has 0 unspecified atom stereocenters. The Bertz CT molecular complexity index is 1610. The first-order valence-corrected chi connectivity index (χ1v) is 12.0. The first kappa shape index (κ1) is 24.6. The predicted octanol–water partition coefficient (Wildman–Crippen LogP) is 4.76. The van der Waals surface area contributed by atoms with E-state index in [9.17, 15) is 4.79 Å². The van der Waals surface area contributed by atoms with Gasteiger partial charge < -0.3 is 15.4 Å². The minimum atomic E-state index is -0.0373. The van der Waals surface area contributed by atoms with Gasteiger partial charge in [-0.15, -0.1) is 0 Å². The fourth-order valence-corrected chi connectivity index (χ4v) is 4.06. The van der Waals surface area contributed by atoms with Gasteiger partial charge in [0, 0.05) is 50.7 Å². The van der Waals surface area contributed by atoms with E-state index in [4.69, 9.17) is 4.74 Å². The minimum absolute atomic E-state index is 0.0373. The molecule has 0 radical (unpaired) electrons. The van der Waals surface area contributed by atoms with Gasteiger partial charge in [-0.05, 0) is 29.8 Å². The van der Waals surface area contributed by atoms with Crippen LogP contribution in [0.4, 0.5) is 23.0 Å². The van der Waals surface area contributed by atoms with Crippen molar-refractivity contribution in [2.75, 3.05) is 17.7 Å². The van der Waals surface area contributed by atoms with Crippen LogP contribution in [-0.4, -0.2) is 47.4 Å². The Morgan fingerprint density at radius 2 is 1.79 bits per heavy atom. The summed E-state index contributed by atoms with van der Waals surface area (Å²) in [4.78, 5) is 26.0. The molecular weight excluding hydrogens is 482 g/mol. The number of ketones is 1. The van der Waals surface area contributed by atoms with Gasteiger partial charge in [0.05, 0.1) is 35.8 Å². The van der Waals surface area contributed by atoms with Gasteiger partial charge in [0.2, 0.25) is 0 Å². The Morgan fingerprint density at radius 3 is 2.50 bits per heavy atom. The quantitative estimate of drug-likeness (QED) is 0.271. The van der Waals surface area contributed by atoms with Gasteiger partial charge >= 0.3 is 0 Å². The molecule has 0 saturated heterocycles. The number of hydrogen-bond donors (Lipinski definition) is 2. The summed E-state index contributed by atoms with van der Waals surface area (Å²) in [5.74, 6) is 2.20. The Balaban J connectivity index is 1.49. The SMILES string of the molecule is CCC(=O)c1cnc(Nc2cc(-c3cnn(C)c3)ccn2)cc1Nc1cccc(-c2ncn(C)n2)c1OC. The zero-order chi connectivity index (χ0) is 26.6. The molecule has 0 fully saturated rings. The van der Waals surface area contributed by atoms with Gasteiger partial charge in [-0.2, -0.15) is 10.2 Å². The summed E-state index contributed by atoms with van der Waals surface area (Å²) in [6, 6.07) is 11.3. The van der Waals surface area contributed by atoms with Crippen LogP contribution in [0.25, 0.3) is 22.5 Å². The number of aryl methyl sites for hydroxylation is 2. The lowest BCUT2D eigenvalue weighted by atomic mass is 10.1. The number of nitrogens with one attached hydrogen (secondary N) is 2. The molecule has 0 amide bonds. The number of benzene rings is 1. The summed E-state index contributed by atoms with van der Waals surface area (Å²) in [5.41, 5.74) is 4.39. The van der Waals surface area contributed by atoms with Gasteiger partial charge in [-0.25, -0.2) is 15.0 Å². The van der Waals surface area contributed by atoms with E-state index in [1.165, 1.54) is 0 Å². The number of nitrogens with zero attached hydrogens (tertiary/aromatic N) is 7. The molecular formula is C27H27N9O2. The molecule has 0 saturated carbocycles. The van der Waals surface area contributed by atoms with Crippen molar-refractivity contribution >= 4 is 28.8 Å². The Kier molecular flexibility index (Phi) is 6.81. The van der Waals surface area contributed by atoms with Gasteiger partial charge in [-0.3, -0.25) is 14.2 Å². The van der Waals surface area contributed by atoms with Crippen molar-refractivity contribution in [2.45, 2.75) is 13.3 Å². The highest BCUT2D eigenvalue weighted by Gasteiger charge is 2.18. The largest absolute Gasteiger partial charge is 0.494 e. The van der Waals surface area contributed by atoms with Crippen LogP contribution >= 0.6 is 0 Å². The molecule has 0 spiro atoms. The molecule has 0 bridgehead atoms. The van der Waals surface area contributed by atoms with E-state index in [-0.39, 0.29) is 5.78 Å². The first-order chi connectivity index (χ1) is 18.4. The third-order valence-corrected chi connectivity index (χ3v) is 5.91. The summed E-state index contributed by atoms with van der Waals surface area (Å²) in [7, 11) is 5.27. The molecule has 2 N–H and O–H groups in total. The highest BCUT2D eigenvalue weighted by molar-refractivity contribution is 6.02. The second-order valence-corrected chi connectivity index (χ2v) is 8.60. The maximum atomic E-state index is 12.8. The Hall–Kier alpha value is -5.06. The monoisotopic (exact) mass is 509 g/mol. The fourth-order valence-electron chi connectivity index (χ4n) is 4.06. The van der Waals surface area contributed by atoms with E-state index < -0.39 is 0 Å². The van der Waals surface area contributed by atoms with E-state index >= 15 is 0 Å². The lowest BCUT2D eigenvalue weighted by molar-refractivity contribution is 0.0988. The molecule has 38 heavy (non-hydrogen) atoms. The van der Waals surface area contributed by atoms with Crippen LogP contribution in [0.3, 0.4) is 0 Å². The van der Waals surface area contributed by atoms with Crippen LogP contribution in [0.5, 0.6) is 5.75 Å². The first-order valence-electron chi connectivity index (χ1n) is 12.0. The average Bonchev–Trinajstić information content (AvgIpc) is 3.56. The lowest BCUT2D eigenvalue weighted by Crippen LogP contribution is -2.07. The van der Waals surface area contributed by atoms with Gasteiger partial charge in [0.25, 0.3) is 0 Å². The summed E-state index contributed by atoms with van der Waals surface area (Å²) in [6.45, 7) is 1.82. The van der Waals surface area contributed by atoms with Crippen LogP contribution in [0.15, 0.2) is 67.5 Å². The van der Waals surface area contributed by atoms with Crippen molar-refractivity contribution < 1.29 is 9.53 Å². The number of ether oxygens (including phenoxy) is 1. The maximum absolute atomic E-state index is 12.8. The molecule has 1 aromatic carbocycles. The summed E-state index contributed by atoms with van der Waals surface area (Å²) < 4.78 is 9.12. The van der Waals surface area contributed by atoms with Gasteiger partial charge in [0.1, 0.15) is 18.0 Å². The predicted molar refractivity (Wildman–Crippen MR) is 145 cm³/mol. The Labute approximate surface area is 219 Å². The average molecular weight is 510 g/mol. The molecule has 0 aliphatic carbocycles. The number of methoxy groups -OCH3 is 1. The van der Waals surface area contributed by atoms with Gasteiger partial charge in [0.15, 0.2) is 17.4 Å². The van der Waals surface area contributed by atoms with Crippen LogP contribution in [0.2, 0.25) is 0 Å². The standard InChI is InChI=1S/C27H27N9O2/c1-5-23(37)20-14-29-25(33-24-11-17(9-10-28-24)18-13-31-35(2)15-18)12-22(20)32-21-8-6-7-19(26(21)38-4)27-30-16-36(3)34-27/h6-16H,5H2,1-4H3,(H2,28,29,32,33). The van der Waals surface area contributed by atoms with Crippen molar-refractivity contribution in [1.82, 2.24) is 34.5 Å². The second kappa shape index (κ2) is 10.5. The number of anilines is 4. The zero-order valence-corrected chi connectivity index (χ0v) is 21.5. The van der Waals surface area contributed by atoms with Crippen molar-refractivity contribution in [3.05, 3.63) is 73.1 Å². The number of carbonyl (C=O) groups excluding carboxylic acids is 1. The van der Waals surface area contributed by atoms with E-state index in [1.54, 1.807) is 54.5 Å². The molecule has 11 heteroatoms. The highest BCUT2D eigenvalue weighted by atomic mass is 16.5. The molecule has 192 valence electrons. The van der Waals surface area contributed by atoms with Crippen molar-refractivity contribution in [3.63, 3.8) is 0 Å². The topological polar surface area (TPSA) is 125 Å². The molecule has 11 nitrogen and oxygen atoms in total. The van der Waals surface area contributed by atoms with E-state index in [0.29, 0.717) is 46.6 Å². The molecule has 5 aromatic rings. The fraction of sp³-hybridized carbons (Fsp3) is 0.185. The molecule has 4 heterocycles. The highest BCUT2D eigenvalue weighted by Crippen LogP contribution is 2.37. The number of hydrogen-bond acceptors (Lipinski definition) is 9. The second-order valence-electron chi connectivity index (χ2n) is 8.60.